The summed E-state index contributed by atoms with van der Waals surface area (Å²) < 4.78 is 0. The van der Waals surface area contributed by atoms with E-state index in [2.05, 4.69) is 99.9 Å². The fourth-order valence-electron chi connectivity index (χ4n) is 7.05. The molecule has 0 aromatic heterocycles. The minimum absolute atomic E-state index is 0. The van der Waals surface area contributed by atoms with Crippen molar-refractivity contribution in [3.63, 3.8) is 0 Å². The maximum absolute atomic E-state index is 5.31. The molecule has 2 rings (SSSR count). The first-order chi connectivity index (χ1) is 26.7. The molecular formula is C52H80N2Ni. The molecule has 0 aliphatic carbocycles. The van der Waals surface area contributed by atoms with Gasteiger partial charge >= 0.3 is 0 Å². The zero-order chi connectivity index (χ0) is 38.6. The van der Waals surface area contributed by atoms with E-state index in [1.807, 2.05) is 0 Å². The third kappa shape index (κ3) is 26.8. The minimum Gasteiger partial charge on any atom is -0.252 e. The van der Waals surface area contributed by atoms with Crippen LogP contribution in [0.5, 0.6) is 0 Å². The number of hydrogen-bond donors (Lipinski definition) is 0. The fraction of sp³-hybridized carbons (Fsp3) is 0.654. The molecule has 0 saturated heterocycles. The molecule has 55 heavy (non-hydrogen) atoms. The predicted octanol–water partition coefficient (Wildman–Crippen LogP) is 16.6. The van der Waals surface area contributed by atoms with Crippen molar-refractivity contribution in [3.8, 4) is 23.7 Å². The Morgan fingerprint density at radius 1 is 0.418 bits per heavy atom. The molecule has 2 aromatic rings. The standard InChI is InChI=1S/C52H80N2.Ni/c1-5-8-11-13-15-17-19-21-23-25-27-29-31-34-40-48-42-36-38-45-51(48)53-47(4)50(44-33-10-7-3)54-52-46-39-37-43-49(52)41-35-32-30-28-26-24-22-20-18-16-14-12-9-6-2;/h36-39,42-43,45-46H,5-26,31-35,40-41,44H2,1-4H3;. The van der Waals surface area contributed by atoms with E-state index in [9.17, 15) is 0 Å². The summed E-state index contributed by atoms with van der Waals surface area (Å²) in [5, 5.41) is 0. The SMILES string of the molecule is CCCCCCCCCCCC#CCCCc1ccccc1N=C(C)C(CCCCC)=Nc1ccccc1CCCC#CCCCCCCCCCCC.[Ni]. The van der Waals surface area contributed by atoms with E-state index in [0.717, 1.165) is 87.0 Å². The molecule has 2 aromatic carbocycles. The zero-order valence-electron chi connectivity index (χ0n) is 36.0. The van der Waals surface area contributed by atoms with Crippen LogP contribution in [0.2, 0.25) is 0 Å². The van der Waals surface area contributed by atoms with Crippen LogP contribution in [-0.4, -0.2) is 11.4 Å². The van der Waals surface area contributed by atoms with Crippen molar-refractivity contribution >= 4 is 22.8 Å². The van der Waals surface area contributed by atoms with Gasteiger partial charge < -0.3 is 0 Å². The summed E-state index contributed by atoms with van der Waals surface area (Å²) in [6.07, 6.45) is 37.3. The third-order valence-electron chi connectivity index (χ3n) is 10.5. The first-order valence-electron chi connectivity index (χ1n) is 22.9. The van der Waals surface area contributed by atoms with Crippen molar-refractivity contribution in [1.82, 2.24) is 0 Å². The number of aliphatic imine (C=N–C) groups is 2. The second kappa shape index (κ2) is 37.0. The fourth-order valence-corrected chi connectivity index (χ4v) is 7.05. The van der Waals surface area contributed by atoms with Crippen LogP contribution in [0.15, 0.2) is 58.5 Å². The molecule has 0 N–H and O–H groups in total. The van der Waals surface area contributed by atoms with Crippen molar-refractivity contribution in [1.29, 1.82) is 0 Å². The molecule has 0 fully saturated rings. The number of para-hydroxylation sites is 2. The van der Waals surface area contributed by atoms with Gasteiger partial charge in [-0.25, -0.2) is 0 Å². The second-order valence-electron chi connectivity index (χ2n) is 15.5. The molecule has 0 bridgehead atoms. The number of hydrogen-bond acceptors (Lipinski definition) is 2. The summed E-state index contributed by atoms with van der Waals surface area (Å²) in [6.45, 7) is 9.00. The number of nitrogens with zero attached hydrogens (tertiary/aromatic N) is 2. The third-order valence-corrected chi connectivity index (χ3v) is 10.5. The first-order valence-corrected chi connectivity index (χ1v) is 22.9. The molecule has 0 unspecified atom stereocenters. The Morgan fingerprint density at radius 2 is 0.764 bits per heavy atom. The number of unbranched alkanes of at least 4 members (excludes halogenated alkanes) is 22. The summed E-state index contributed by atoms with van der Waals surface area (Å²) >= 11 is 0. The predicted molar refractivity (Wildman–Crippen MR) is 242 cm³/mol. The Bertz CT molecular complexity index is 1400. The molecule has 0 saturated carbocycles. The van der Waals surface area contributed by atoms with E-state index in [1.54, 1.807) is 0 Å². The Balaban J connectivity index is 0.0000151. The molecule has 0 amide bonds. The molecule has 0 radical (unpaired) electrons. The van der Waals surface area contributed by atoms with Gasteiger partial charge in [-0.2, -0.15) is 0 Å². The Hall–Kier alpha value is -2.61. The average Bonchev–Trinajstić information content (AvgIpc) is 3.19. The van der Waals surface area contributed by atoms with Crippen LogP contribution in [0.1, 0.15) is 219 Å². The Morgan fingerprint density at radius 3 is 1.20 bits per heavy atom. The molecule has 0 aliphatic rings. The zero-order valence-corrected chi connectivity index (χ0v) is 37.0. The van der Waals surface area contributed by atoms with E-state index in [0.29, 0.717) is 0 Å². The summed E-state index contributed by atoms with van der Waals surface area (Å²) in [5.41, 5.74) is 6.96. The number of rotatable bonds is 31. The van der Waals surface area contributed by atoms with Crippen LogP contribution in [-0.2, 0) is 29.3 Å². The quantitative estimate of drug-likeness (QED) is 0.0314. The minimum atomic E-state index is 0. The summed E-state index contributed by atoms with van der Waals surface area (Å²) in [6, 6.07) is 17.4. The van der Waals surface area contributed by atoms with Crippen LogP contribution < -0.4 is 0 Å². The van der Waals surface area contributed by atoms with E-state index in [-0.39, 0.29) is 16.5 Å². The maximum atomic E-state index is 5.31. The average molecular weight is 792 g/mol. The van der Waals surface area contributed by atoms with E-state index in [1.165, 1.54) is 140 Å². The summed E-state index contributed by atoms with van der Waals surface area (Å²) in [5.74, 6) is 13.8. The first kappa shape index (κ1) is 50.4. The number of benzene rings is 2. The van der Waals surface area contributed by atoms with Crippen molar-refractivity contribution < 1.29 is 16.5 Å². The van der Waals surface area contributed by atoms with Gasteiger partial charge in [0, 0.05) is 42.2 Å². The van der Waals surface area contributed by atoms with Gasteiger partial charge in [-0.05, 0) is 81.5 Å². The molecule has 308 valence electrons. The molecule has 2 nitrogen and oxygen atoms in total. The van der Waals surface area contributed by atoms with Gasteiger partial charge in [0.25, 0.3) is 0 Å². The van der Waals surface area contributed by atoms with Gasteiger partial charge in [0.05, 0.1) is 22.8 Å². The molecular weight excluding hydrogens is 711 g/mol. The number of aryl methyl sites for hydroxylation is 2. The molecule has 0 aliphatic heterocycles. The topological polar surface area (TPSA) is 24.7 Å². The maximum Gasteiger partial charge on any atom is 0.0665 e. The van der Waals surface area contributed by atoms with Crippen molar-refractivity contribution in [2.24, 2.45) is 9.98 Å². The summed E-state index contributed by atoms with van der Waals surface area (Å²) in [7, 11) is 0. The van der Waals surface area contributed by atoms with Crippen molar-refractivity contribution in [2.45, 2.75) is 220 Å². The Labute approximate surface area is 351 Å². The van der Waals surface area contributed by atoms with Gasteiger partial charge in [0.1, 0.15) is 0 Å². The van der Waals surface area contributed by atoms with E-state index in [4.69, 9.17) is 9.98 Å². The van der Waals surface area contributed by atoms with Crippen LogP contribution in [0.25, 0.3) is 0 Å². The van der Waals surface area contributed by atoms with E-state index >= 15 is 0 Å². The van der Waals surface area contributed by atoms with Crippen LogP contribution in [0, 0.1) is 23.7 Å². The van der Waals surface area contributed by atoms with Crippen molar-refractivity contribution in [3.05, 3.63) is 59.7 Å². The largest absolute Gasteiger partial charge is 0.252 e. The molecule has 3 heteroatoms. The normalized spacial score (nSPS) is 11.4. The van der Waals surface area contributed by atoms with Gasteiger partial charge in [-0.15, -0.1) is 23.7 Å². The van der Waals surface area contributed by atoms with Crippen LogP contribution in [0.4, 0.5) is 11.4 Å². The van der Waals surface area contributed by atoms with Gasteiger partial charge in [-0.3, -0.25) is 9.98 Å². The van der Waals surface area contributed by atoms with E-state index < -0.39 is 0 Å². The van der Waals surface area contributed by atoms with Crippen LogP contribution >= 0.6 is 0 Å². The van der Waals surface area contributed by atoms with Gasteiger partial charge in [-0.1, -0.05) is 173 Å². The van der Waals surface area contributed by atoms with Gasteiger partial charge in [0.2, 0.25) is 0 Å². The monoisotopic (exact) mass is 791 g/mol. The van der Waals surface area contributed by atoms with Crippen LogP contribution in [0.3, 0.4) is 0 Å². The molecule has 0 heterocycles. The smallest absolute Gasteiger partial charge is 0.0665 e. The Kier molecular flexibility index (Phi) is 33.9. The second-order valence-corrected chi connectivity index (χ2v) is 15.5. The summed E-state index contributed by atoms with van der Waals surface area (Å²) in [4.78, 5) is 10.5. The van der Waals surface area contributed by atoms with Gasteiger partial charge in [0.15, 0.2) is 0 Å². The molecule has 0 spiro atoms. The molecule has 0 atom stereocenters. The van der Waals surface area contributed by atoms with Crippen molar-refractivity contribution in [2.75, 3.05) is 0 Å².